The maximum absolute atomic E-state index is 3.25. The van der Waals surface area contributed by atoms with E-state index < -0.39 is 0 Å². The van der Waals surface area contributed by atoms with Gasteiger partial charge in [-0.05, 0) is 14.1 Å². The van der Waals surface area contributed by atoms with Gasteiger partial charge in [0.25, 0.3) is 0 Å². The molecule has 0 saturated carbocycles. The maximum Gasteiger partial charge on any atom is 0.00620 e. The zero-order valence-corrected chi connectivity index (χ0v) is 5.29. The van der Waals surface area contributed by atoms with Crippen molar-refractivity contribution in [2.45, 2.75) is 0 Å². The van der Waals surface area contributed by atoms with Crippen molar-refractivity contribution in [2.75, 3.05) is 14.1 Å². The van der Waals surface area contributed by atoms with Gasteiger partial charge in [0.2, 0.25) is 0 Å². The van der Waals surface area contributed by atoms with Crippen molar-refractivity contribution in [1.82, 2.24) is 4.67 Å². The highest BCUT2D eigenvalue weighted by Gasteiger charge is 1.67. The van der Waals surface area contributed by atoms with Gasteiger partial charge >= 0.3 is 0 Å². The Bertz CT molecular complexity index is 34.6. The summed E-state index contributed by atoms with van der Waals surface area (Å²) in [5.74, 6) is 0. The number of nitrogens with zero attached hydrogens (tertiary/aromatic N) is 1. The summed E-state index contributed by atoms with van der Waals surface area (Å²) in [6, 6.07) is 0. The summed E-state index contributed by atoms with van der Waals surface area (Å²) >= 11 is 0. The molecule has 0 heterocycles. The van der Waals surface area contributed by atoms with Gasteiger partial charge in [-0.3, -0.25) is 4.67 Å². The van der Waals surface area contributed by atoms with Crippen LogP contribution >= 0.6 is 16.5 Å². The summed E-state index contributed by atoms with van der Waals surface area (Å²) in [6.45, 7) is 0. The van der Waals surface area contributed by atoms with Gasteiger partial charge in [-0.15, -0.1) is 0 Å². The third-order valence-electron chi connectivity index (χ3n) is 0.200. The minimum Gasteiger partial charge on any atom is -0.260 e. The molecule has 0 aromatic carbocycles. The topological polar surface area (TPSA) is 3.24 Å². The molecule has 30 valence electrons. The van der Waals surface area contributed by atoms with Gasteiger partial charge in [0.15, 0.2) is 0 Å². The van der Waals surface area contributed by atoms with Crippen LogP contribution in [0.15, 0.2) is 0 Å². The molecule has 5 heavy (non-hydrogen) atoms. The van der Waals surface area contributed by atoms with Crippen LogP contribution in [0.4, 0.5) is 0 Å². The largest absolute Gasteiger partial charge is 0.260 e. The van der Waals surface area contributed by atoms with Crippen LogP contribution in [0, 0.1) is 0 Å². The van der Waals surface area contributed by atoms with Crippen molar-refractivity contribution in [3.63, 3.8) is 0 Å². The maximum atomic E-state index is 3.25. The highest BCUT2D eigenvalue weighted by Crippen LogP contribution is 2.01. The Morgan fingerprint density at radius 1 is 1.60 bits per heavy atom. The molecule has 1 nitrogen and oxygen atoms in total. The first-order chi connectivity index (χ1) is 2.27. The average Bonchev–Trinajstić information content (AvgIpc) is 1.38. The normalized spacial score (nSPS) is 10.2. The van der Waals surface area contributed by atoms with E-state index in [0.717, 1.165) is 8.02 Å². The molecule has 0 aromatic heterocycles. The molecule has 3 heteroatoms. The fourth-order valence-corrected chi connectivity index (χ4v) is 0. The molecule has 0 spiro atoms. The van der Waals surface area contributed by atoms with Crippen LogP contribution in [0.25, 0.3) is 0 Å². The van der Waals surface area contributed by atoms with Crippen LogP contribution in [0.2, 0.25) is 0 Å². The van der Waals surface area contributed by atoms with Gasteiger partial charge < -0.3 is 0 Å². The first-order valence-corrected chi connectivity index (χ1v) is 3.51. The molecule has 0 N–H and O–H groups in total. The van der Waals surface area contributed by atoms with Crippen LogP contribution < -0.4 is 0 Å². The van der Waals surface area contributed by atoms with E-state index in [4.69, 9.17) is 0 Å². The molecule has 0 rings (SSSR count). The van der Waals surface area contributed by atoms with E-state index in [1.165, 1.54) is 0 Å². The smallest absolute Gasteiger partial charge is 0.00620 e. The van der Waals surface area contributed by atoms with E-state index in [1.54, 1.807) is 0 Å². The molecular formula is C2H7NP2. The summed E-state index contributed by atoms with van der Waals surface area (Å²) in [5, 5.41) is 0. The summed E-state index contributed by atoms with van der Waals surface area (Å²) < 4.78 is 2.01. The Balaban J connectivity index is 2.83. The van der Waals surface area contributed by atoms with E-state index in [9.17, 15) is 0 Å². The SMILES string of the molecule is CN(C)P=P. The van der Waals surface area contributed by atoms with E-state index in [0.29, 0.717) is 0 Å². The zero-order valence-electron chi connectivity index (χ0n) is 3.39. The standard InChI is InChI=1S/C2H7NP2/c1-3(2)5-4/h4H,1-2H3. The van der Waals surface area contributed by atoms with Crippen molar-refractivity contribution < 1.29 is 0 Å². The first-order valence-electron chi connectivity index (χ1n) is 1.32. The molecule has 0 radical (unpaired) electrons. The van der Waals surface area contributed by atoms with Gasteiger partial charge in [-0.25, -0.2) is 0 Å². The van der Waals surface area contributed by atoms with Gasteiger partial charge in [0.1, 0.15) is 0 Å². The van der Waals surface area contributed by atoms with E-state index in [2.05, 4.69) is 8.53 Å². The van der Waals surface area contributed by atoms with Crippen LogP contribution in [-0.2, 0) is 0 Å². The molecule has 0 aliphatic rings. The van der Waals surface area contributed by atoms with Crippen LogP contribution in [-0.4, -0.2) is 18.8 Å². The summed E-state index contributed by atoms with van der Waals surface area (Å²) in [6.07, 6.45) is 0. The van der Waals surface area contributed by atoms with Gasteiger partial charge in [0, 0.05) is 8.02 Å². The highest BCUT2D eigenvalue weighted by molar-refractivity contribution is 7.72. The van der Waals surface area contributed by atoms with Crippen molar-refractivity contribution in [3.05, 3.63) is 0 Å². The third-order valence-corrected chi connectivity index (χ3v) is 1.80. The van der Waals surface area contributed by atoms with Crippen molar-refractivity contribution in [2.24, 2.45) is 0 Å². The monoisotopic (exact) mass is 107 g/mol. The second kappa shape index (κ2) is 2.78. The molecule has 0 aliphatic carbocycles. The lowest BCUT2D eigenvalue weighted by Gasteiger charge is -1.91. The predicted octanol–water partition coefficient (Wildman–Crippen LogP) is 1.47. The number of hydrogen-bond acceptors (Lipinski definition) is 0. The average molecular weight is 107 g/mol. The molecule has 0 atom stereocenters. The molecular weight excluding hydrogens is 100.0 g/mol. The van der Waals surface area contributed by atoms with E-state index >= 15 is 0 Å². The molecule has 0 unspecified atom stereocenters. The van der Waals surface area contributed by atoms with E-state index in [-0.39, 0.29) is 0 Å². The fourth-order valence-electron chi connectivity index (χ4n) is 0. The summed E-state index contributed by atoms with van der Waals surface area (Å²) in [5.41, 5.74) is 0. The van der Waals surface area contributed by atoms with E-state index in [1.807, 2.05) is 18.8 Å². The Morgan fingerprint density at radius 3 is 1.80 bits per heavy atom. The second-order valence-electron chi connectivity index (χ2n) is 0.947. The molecule has 0 fully saturated rings. The second-order valence-corrected chi connectivity index (χ2v) is 2.55. The van der Waals surface area contributed by atoms with Gasteiger partial charge in [0.05, 0.1) is 0 Å². The lowest BCUT2D eigenvalue weighted by Crippen LogP contribution is -1.89. The van der Waals surface area contributed by atoms with Crippen molar-refractivity contribution >= 4 is 16.5 Å². The Morgan fingerprint density at radius 2 is 1.80 bits per heavy atom. The predicted molar refractivity (Wildman–Crippen MR) is 28.9 cm³/mol. The molecule has 0 aromatic rings. The Hall–Kier alpha value is 0.560. The number of hydrogen-bond donors (Lipinski definition) is 0. The lowest BCUT2D eigenvalue weighted by molar-refractivity contribution is 0.702. The summed E-state index contributed by atoms with van der Waals surface area (Å²) in [7, 11) is 8.38. The minimum atomic E-state index is 1.14. The minimum absolute atomic E-state index is 1.14. The zero-order chi connectivity index (χ0) is 4.28. The van der Waals surface area contributed by atoms with Gasteiger partial charge in [-0.2, -0.15) is 0 Å². The molecule has 0 aliphatic heterocycles. The first kappa shape index (κ1) is 5.56. The van der Waals surface area contributed by atoms with Gasteiger partial charge in [-0.1, -0.05) is 8.53 Å². The Labute approximate surface area is 36.3 Å². The van der Waals surface area contributed by atoms with Crippen LogP contribution in [0.3, 0.4) is 0 Å². The van der Waals surface area contributed by atoms with Crippen LogP contribution in [0.5, 0.6) is 0 Å². The summed E-state index contributed by atoms with van der Waals surface area (Å²) in [4.78, 5) is 0. The fraction of sp³-hybridized carbons (Fsp3) is 1.00. The van der Waals surface area contributed by atoms with Crippen molar-refractivity contribution in [1.29, 1.82) is 0 Å². The quantitative estimate of drug-likeness (QED) is 0.458. The Kier molecular flexibility index (Phi) is 3.09. The molecule has 0 bridgehead atoms. The molecule has 0 saturated heterocycles. The molecule has 0 amide bonds. The van der Waals surface area contributed by atoms with Crippen LogP contribution in [0.1, 0.15) is 0 Å². The number of rotatable bonds is 1. The van der Waals surface area contributed by atoms with Crippen molar-refractivity contribution in [3.8, 4) is 0 Å². The highest BCUT2D eigenvalue weighted by atomic mass is 31.7. The lowest BCUT2D eigenvalue weighted by atomic mass is 11.3. The third kappa shape index (κ3) is 4.56.